The number of esters is 1. The molecule has 1 aromatic heterocycles. The summed E-state index contributed by atoms with van der Waals surface area (Å²) in [5.41, 5.74) is 1.42. The number of anilines is 1. The van der Waals surface area contributed by atoms with Crippen LogP contribution in [0.5, 0.6) is 0 Å². The highest BCUT2D eigenvalue weighted by Crippen LogP contribution is 2.32. The number of carbonyl (C=O) groups is 2. The fourth-order valence-electron chi connectivity index (χ4n) is 5.31. The molecular weight excluding hydrogens is 618 g/mol. The lowest BCUT2D eigenvalue weighted by Crippen LogP contribution is -2.38. The van der Waals surface area contributed by atoms with Crippen molar-refractivity contribution in [3.8, 4) is 0 Å². The Labute approximate surface area is 250 Å². The zero-order valence-corrected chi connectivity index (χ0v) is 25.2. The van der Waals surface area contributed by atoms with E-state index < -0.39 is 42.0 Å². The molecule has 3 atom stereocenters. The van der Waals surface area contributed by atoms with Crippen LogP contribution >= 0.6 is 15.9 Å². The number of alkyl halides is 2. The maximum Gasteiger partial charge on any atom is 0.308 e. The van der Waals surface area contributed by atoms with Crippen LogP contribution in [0.2, 0.25) is 0 Å². The van der Waals surface area contributed by atoms with Crippen LogP contribution in [0.3, 0.4) is 0 Å². The quantitative estimate of drug-likeness (QED) is 0.172. The fraction of sp³-hybridized carbons (Fsp3) is 0.452. The summed E-state index contributed by atoms with van der Waals surface area (Å²) >= 11 is 3.44. The van der Waals surface area contributed by atoms with Gasteiger partial charge in [0.25, 0.3) is 5.91 Å². The number of aromatic nitrogens is 1. The Hall–Kier alpha value is -3.21. The second-order valence-electron chi connectivity index (χ2n) is 10.6. The molecule has 2 heterocycles. The van der Waals surface area contributed by atoms with Gasteiger partial charge in [-0.05, 0) is 74.6 Å². The van der Waals surface area contributed by atoms with E-state index in [0.717, 1.165) is 22.7 Å². The smallest absolute Gasteiger partial charge is 0.308 e. The molecule has 0 aliphatic carbocycles. The molecule has 6 nitrogen and oxygen atoms in total. The maximum atomic E-state index is 14.8. The van der Waals surface area contributed by atoms with Crippen molar-refractivity contribution in [2.45, 2.75) is 70.8 Å². The van der Waals surface area contributed by atoms with Crippen molar-refractivity contribution in [1.82, 2.24) is 10.3 Å². The largest absolute Gasteiger partial charge is 0.431 e. The third-order valence-corrected chi connectivity index (χ3v) is 7.93. The number of amides is 1. The van der Waals surface area contributed by atoms with Gasteiger partial charge in [0.1, 0.15) is 23.6 Å². The average Bonchev–Trinajstić information content (AvgIpc) is 2.94. The van der Waals surface area contributed by atoms with Gasteiger partial charge in [-0.25, -0.2) is 22.5 Å². The first-order chi connectivity index (χ1) is 20.1. The van der Waals surface area contributed by atoms with Gasteiger partial charge >= 0.3 is 5.97 Å². The van der Waals surface area contributed by atoms with Gasteiger partial charge in [0, 0.05) is 47.3 Å². The van der Waals surface area contributed by atoms with Gasteiger partial charge < -0.3 is 15.0 Å². The SMILES string of the molecule is CCCC(F)OC(=O)CCC(CNC(=O)c1c(C)c(N2CCCC(F)C2)nc2ccc(Br)cc12)c1cc(F)ccc1F. The number of ether oxygens (including phenoxy) is 1. The summed E-state index contributed by atoms with van der Waals surface area (Å²) in [7, 11) is 0. The van der Waals surface area contributed by atoms with E-state index in [1.165, 1.54) is 0 Å². The molecule has 1 saturated heterocycles. The van der Waals surface area contributed by atoms with E-state index in [-0.39, 0.29) is 37.9 Å². The Morgan fingerprint density at radius 2 is 1.98 bits per heavy atom. The van der Waals surface area contributed by atoms with Crippen LogP contribution in [-0.4, -0.2) is 49.0 Å². The minimum atomic E-state index is -1.74. The number of pyridine rings is 1. The lowest BCUT2D eigenvalue weighted by molar-refractivity contribution is -0.158. The summed E-state index contributed by atoms with van der Waals surface area (Å²) in [6.45, 7) is 4.15. The van der Waals surface area contributed by atoms with Crippen molar-refractivity contribution >= 4 is 44.5 Å². The highest BCUT2D eigenvalue weighted by atomic mass is 79.9. The van der Waals surface area contributed by atoms with Crippen molar-refractivity contribution in [2.75, 3.05) is 24.5 Å². The number of carbonyl (C=O) groups excluding carboxylic acids is 2. The molecule has 3 unspecified atom stereocenters. The number of rotatable bonds is 11. The molecule has 0 radical (unpaired) electrons. The Morgan fingerprint density at radius 1 is 1.19 bits per heavy atom. The summed E-state index contributed by atoms with van der Waals surface area (Å²) < 4.78 is 62.5. The zero-order chi connectivity index (χ0) is 30.4. The van der Waals surface area contributed by atoms with Crippen molar-refractivity contribution in [3.63, 3.8) is 0 Å². The van der Waals surface area contributed by atoms with Crippen molar-refractivity contribution in [3.05, 3.63) is 69.2 Å². The molecule has 1 amide bonds. The topological polar surface area (TPSA) is 71.5 Å². The third kappa shape index (κ3) is 7.79. The van der Waals surface area contributed by atoms with Crippen molar-refractivity contribution in [2.24, 2.45) is 0 Å². The second-order valence-corrected chi connectivity index (χ2v) is 11.5. The van der Waals surface area contributed by atoms with E-state index in [0.29, 0.717) is 53.7 Å². The maximum absolute atomic E-state index is 14.8. The van der Waals surface area contributed by atoms with Crippen LogP contribution in [0.15, 0.2) is 40.9 Å². The molecule has 3 aromatic rings. The molecule has 11 heteroatoms. The molecule has 1 N–H and O–H groups in total. The Morgan fingerprint density at radius 3 is 2.71 bits per heavy atom. The lowest BCUT2D eigenvalue weighted by atomic mass is 9.93. The predicted molar refractivity (Wildman–Crippen MR) is 157 cm³/mol. The monoisotopic (exact) mass is 651 g/mol. The minimum Gasteiger partial charge on any atom is -0.431 e. The third-order valence-electron chi connectivity index (χ3n) is 7.43. The van der Waals surface area contributed by atoms with Gasteiger partial charge in [0.2, 0.25) is 6.36 Å². The first-order valence-electron chi connectivity index (χ1n) is 14.1. The number of nitrogens with zero attached hydrogens (tertiary/aromatic N) is 2. The Kier molecular flexibility index (Phi) is 10.8. The van der Waals surface area contributed by atoms with Gasteiger partial charge in [-0.3, -0.25) is 9.59 Å². The molecule has 1 fully saturated rings. The molecular formula is C31H34BrF4N3O3. The van der Waals surface area contributed by atoms with E-state index in [9.17, 15) is 27.2 Å². The van der Waals surface area contributed by atoms with E-state index in [1.807, 2.05) is 4.90 Å². The molecule has 2 aromatic carbocycles. The number of hydrogen-bond acceptors (Lipinski definition) is 5. The Balaban J connectivity index is 1.62. The number of halogens is 5. The number of piperidine rings is 1. The Bertz CT molecular complexity index is 1440. The van der Waals surface area contributed by atoms with Crippen molar-refractivity contribution in [1.29, 1.82) is 0 Å². The average molecular weight is 653 g/mol. The van der Waals surface area contributed by atoms with E-state index in [4.69, 9.17) is 9.72 Å². The van der Waals surface area contributed by atoms with Crippen LogP contribution in [0.4, 0.5) is 23.4 Å². The summed E-state index contributed by atoms with van der Waals surface area (Å²) in [5, 5.41) is 3.40. The fourth-order valence-corrected chi connectivity index (χ4v) is 5.68. The summed E-state index contributed by atoms with van der Waals surface area (Å²) in [4.78, 5) is 32.6. The van der Waals surface area contributed by atoms with Gasteiger partial charge in [0.15, 0.2) is 0 Å². The number of nitrogens with one attached hydrogen (secondary N) is 1. The van der Waals surface area contributed by atoms with Crippen LogP contribution in [0, 0.1) is 18.6 Å². The van der Waals surface area contributed by atoms with E-state index in [2.05, 4.69) is 21.2 Å². The molecule has 0 spiro atoms. The molecule has 1 aliphatic rings. The van der Waals surface area contributed by atoms with Crippen molar-refractivity contribution < 1.29 is 31.9 Å². The molecule has 0 bridgehead atoms. The van der Waals surface area contributed by atoms with Gasteiger partial charge in [-0.15, -0.1) is 0 Å². The van der Waals surface area contributed by atoms with E-state index in [1.54, 1.807) is 32.0 Å². The normalized spacial score (nSPS) is 16.7. The van der Waals surface area contributed by atoms with Gasteiger partial charge in [0.05, 0.1) is 17.6 Å². The van der Waals surface area contributed by atoms with Crippen LogP contribution in [0.25, 0.3) is 10.9 Å². The lowest BCUT2D eigenvalue weighted by Gasteiger charge is -2.32. The van der Waals surface area contributed by atoms with E-state index >= 15 is 0 Å². The molecule has 4 rings (SSSR count). The van der Waals surface area contributed by atoms with Gasteiger partial charge in [-0.2, -0.15) is 0 Å². The molecule has 1 aliphatic heterocycles. The predicted octanol–water partition coefficient (Wildman–Crippen LogP) is 7.45. The highest BCUT2D eigenvalue weighted by molar-refractivity contribution is 9.10. The first-order valence-corrected chi connectivity index (χ1v) is 14.9. The highest BCUT2D eigenvalue weighted by Gasteiger charge is 2.27. The van der Waals surface area contributed by atoms with Crippen LogP contribution < -0.4 is 10.2 Å². The summed E-state index contributed by atoms with van der Waals surface area (Å²) in [6, 6.07) is 8.33. The minimum absolute atomic E-state index is 0.0170. The summed E-state index contributed by atoms with van der Waals surface area (Å²) in [6.07, 6.45) is -1.33. The zero-order valence-electron chi connectivity index (χ0n) is 23.6. The number of benzene rings is 2. The first kappa shape index (κ1) is 31.7. The molecule has 0 saturated carbocycles. The molecule has 226 valence electrons. The standard InChI is InChI=1S/C31H34BrF4N3O3/c1-3-5-27(36)42-28(40)12-7-19(23-15-21(33)9-10-25(23)35)16-37-31(41)29-18(2)30(39-13-4-6-22(34)17-39)38-26-11-8-20(32)14-24(26)29/h8-11,14-15,19,22,27H,3-7,12-13,16-17H2,1-2H3,(H,37,41). The second kappa shape index (κ2) is 14.3. The number of fused-ring (bicyclic) bond motifs is 1. The van der Waals surface area contributed by atoms with Crippen LogP contribution in [-0.2, 0) is 9.53 Å². The van der Waals surface area contributed by atoms with Crippen LogP contribution in [0.1, 0.15) is 72.9 Å². The van der Waals surface area contributed by atoms with Gasteiger partial charge in [-0.1, -0.05) is 22.9 Å². The number of hydrogen-bond donors (Lipinski definition) is 1. The molecule has 42 heavy (non-hydrogen) atoms. The summed E-state index contributed by atoms with van der Waals surface area (Å²) in [5.74, 6) is -2.95.